The number of carbonyl (C=O) groups is 1. The SMILES string of the molecule is COc1ccc(OC)c2sc(N(Cc3ccccn3)C(=O)c3cnccn3)nc12. The third-order valence-corrected chi connectivity index (χ3v) is 5.30. The monoisotopic (exact) mass is 407 g/mol. The first kappa shape index (κ1) is 18.8. The van der Waals surface area contributed by atoms with Crippen LogP contribution in [0.4, 0.5) is 5.13 Å². The number of ether oxygens (including phenoxy) is 2. The van der Waals surface area contributed by atoms with Crippen molar-refractivity contribution in [3.8, 4) is 11.5 Å². The fourth-order valence-corrected chi connectivity index (χ4v) is 3.89. The van der Waals surface area contributed by atoms with Crippen LogP contribution in [0, 0.1) is 0 Å². The molecule has 0 aliphatic heterocycles. The minimum Gasteiger partial charge on any atom is -0.495 e. The minimum atomic E-state index is -0.319. The summed E-state index contributed by atoms with van der Waals surface area (Å²) in [5.41, 5.74) is 1.58. The molecule has 1 amide bonds. The number of hydrogen-bond acceptors (Lipinski definition) is 8. The van der Waals surface area contributed by atoms with Crippen LogP contribution in [0.3, 0.4) is 0 Å². The second kappa shape index (κ2) is 8.19. The summed E-state index contributed by atoms with van der Waals surface area (Å²) in [6, 6.07) is 9.16. The number of thiazole rings is 1. The number of methoxy groups -OCH3 is 2. The summed E-state index contributed by atoms with van der Waals surface area (Å²) in [7, 11) is 3.17. The summed E-state index contributed by atoms with van der Waals surface area (Å²) < 4.78 is 11.7. The van der Waals surface area contributed by atoms with Crippen molar-refractivity contribution in [2.45, 2.75) is 6.54 Å². The van der Waals surface area contributed by atoms with Gasteiger partial charge in [0.05, 0.1) is 32.7 Å². The molecule has 0 saturated carbocycles. The fourth-order valence-electron chi connectivity index (χ4n) is 2.82. The van der Waals surface area contributed by atoms with Gasteiger partial charge in [0.2, 0.25) is 0 Å². The summed E-state index contributed by atoms with van der Waals surface area (Å²) >= 11 is 1.34. The molecular formula is C20H17N5O3S. The molecule has 0 spiro atoms. The van der Waals surface area contributed by atoms with Crippen LogP contribution >= 0.6 is 11.3 Å². The van der Waals surface area contributed by atoms with Crippen molar-refractivity contribution in [1.29, 1.82) is 0 Å². The Labute approximate surface area is 170 Å². The molecule has 8 nitrogen and oxygen atoms in total. The molecule has 29 heavy (non-hydrogen) atoms. The molecule has 4 aromatic rings. The van der Waals surface area contributed by atoms with Gasteiger partial charge in [0.25, 0.3) is 5.91 Å². The van der Waals surface area contributed by atoms with Crippen LogP contribution < -0.4 is 14.4 Å². The van der Waals surface area contributed by atoms with Crippen LogP contribution in [0.1, 0.15) is 16.2 Å². The molecule has 1 aromatic carbocycles. The van der Waals surface area contributed by atoms with Gasteiger partial charge in [0.1, 0.15) is 27.4 Å². The molecule has 0 aliphatic carbocycles. The average Bonchev–Trinajstić information content (AvgIpc) is 3.23. The van der Waals surface area contributed by atoms with E-state index in [1.54, 1.807) is 26.5 Å². The highest BCUT2D eigenvalue weighted by Gasteiger charge is 2.25. The standard InChI is InChI=1S/C20H17N5O3S/c1-27-15-6-7-16(28-2)18-17(15)24-20(29-18)25(12-13-5-3-4-8-22-13)19(26)14-11-21-9-10-23-14/h3-11H,12H2,1-2H3. The van der Waals surface area contributed by atoms with E-state index in [1.165, 1.54) is 34.8 Å². The van der Waals surface area contributed by atoms with E-state index in [0.29, 0.717) is 22.1 Å². The van der Waals surface area contributed by atoms with Gasteiger partial charge in [0, 0.05) is 18.6 Å². The zero-order valence-corrected chi connectivity index (χ0v) is 16.6. The largest absolute Gasteiger partial charge is 0.495 e. The Hall–Kier alpha value is -3.59. The maximum Gasteiger partial charge on any atom is 0.280 e. The van der Waals surface area contributed by atoms with Crippen LogP contribution in [-0.2, 0) is 6.54 Å². The second-order valence-corrected chi connectivity index (χ2v) is 6.92. The Morgan fingerprint density at radius 2 is 1.86 bits per heavy atom. The van der Waals surface area contributed by atoms with Gasteiger partial charge in [-0.3, -0.25) is 19.7 Å². The number of carbonyl (C=O) groups excluding carboxylic acids is 1. The van der Waals surface area contributed by atoms with Crippen LogP contribution in [0.2, 0.25) is 0 Å². The van der Waals surface area contributed by atoms with Crippen molar-refractivity contribution < 1.29 is 14.3 Å². The number of nitrogens with zero attached hydrogens (tertiary/aromatic N) is 5. The molecule has 3 aromatic heterocycles. The first-order chi connectivity index (χ1) is 14.2. The van der Waals surface area contributed by atoms with Gasteiger partial charge in [0.15, 0.2) is 5.13 Å². The number of hydrogen-bond donors (Lipinski definition) is 0. The van der Waals surface area contributed by atoms with E-state index in [9.17, 15) is 4.79 Å². The van der Waals surface area contributed by atoms with Crippen LogP contribution in [0.5, 0.6) is 11.5 Å². The smallest absolute Gasteiger partial charge is 0.280 e. The normalized spacial score (nSPS) is 10.7. The van der Waals surface area contributed by atoms with E-state index in [1.807, 2.05) is 24.3 Å². The molecule has 0 radical (unpaired) electrons. The van der Waals surface area contributed by atoms with E-state index in [2.05, 4.69) is 19.9 Å². The van der Waals surface area contributed by atoms with Gasteiger partial charge >= 0.3 is 0 Å². The second-order valence-electron chi connectivity index (χ2n) is 5.95. The van der Waals surface area contributed by atoms with Crippen molar-refractivity contribution in [3.63, 3.8) is 0 Å². The molecule has 4 rings (SSSR count). The van der Waals surface area contributed by atoms with Gasteiger partial charge in [-0.25, -0.2) is 9.97 Å². The highest BCUT2D eigenvalue weighted by Crippen LogP contribution is 2.40. The Morgan fingerprint density at radius 3 is 2.55 bits per heavy atom. The predicted octanol–water partition coefficient (Wildman–Crippen LogP) is 3.35. The van der Waals surface area contributed by atoms with E-state index in [4.69, 9.17) is 9.47 Å². The van der Waals surface area contributed by atoms with Crippen molar-refractivity contribution in [2.75, 3.05) is 19.1 Å². The lowest BCUT2D eigenvalue weighted by molar-refractivity contribution is 0.0979. The predicted molar refractivity (Wildman–Crippen MR) is 110 cm³/mol. The van der Waals surface area contributed by atoms with Crippen LogP contribution in [0.15, 0.2) is 55.1 Å². The molecule has 0 aliphatic rings. The number of rotatable bonds is 6. The van der Waals surface area contributed by atoms with E-state index < -0.39 is 0 Å². The maximum absolute atomic E-state index is 13.2. The van der Waals surface area contributed by atoms with Crippen LogP contribution in [0.25, 0.3) is 10.2 Å². The van der Waals surface area contributed by atoms with Crippen molar-refractivity contribution in [3.05, 3.63) is 66.5 Å². The topological polar surface area (TPSA) is 90.3 Å². The molecule has 146 valence electrons. The molecule has 9 heteroatoms. The zero-order chi connectivity index (χ0) is 20.2. The van der Waals surface area contributed by atoms with Gasteiger partial charge in [-0.2, -0.15) is 0 Å². The molecule has 0 saturated heterocycles. The van der Waals surface area contributed by atoms with E-state index in [-0.39, 0.29) is 18.1 Å². The van der Waals surface area contributed by atoms with Crippen molar-refractivity contribution in [1.82, 2.24) is 19.9 Å². The fraction of sp³-hybridized carbons (Fsp3) is 0.150. The van der Waals surface area contributed by atoms with Gasteiger partial charge in [-0.15, -0.1) is 0 Å². The van der Waals surface area contributed by atoms with Gasteiger partial charge < -0.3 is 9.47 Å². The molecular weight excluding hydrogens is 390 g/mol. The number of fused-ring (bicyclic) bond motifs is 1. The molecule has 0 unspecified atom stereocenters. The average molecular weight is 407 g/mol. The molecule has 0 atom stereocenters. The molecule has 0 bridgehead atoms. The lowest BCUT2D eigenvalue weighted by atomic mass is 10.3. The Morgan fingerprint density at radius 1 is 1.03 bits per heavy atom. The third kappa shape index (κ3) is 3.72. The number of anilines is 1. The van der Waals surface area contributed by atoms with Crippen molar-refractivity contribution in [2.24, 2.45) is 0 Å². The number of benzene rings is 1. The third-order valence-electron chi connectivity index (χ3n) is 4.20. The highest BCUT2D eigenvalue weighted by molar-refractivity contribution is 7.22. The zero-order valence-electron chi connectivity index (χ0n) is 15.8. The maximum atomic E-state index is 13.2. The van der Waals surface area contributed by atoms with Gasteiger partial charge in [-0.1, -0.05) is 17.4 Å². The molecule has 0 N–H and O–H groups in total. The molecule has 0 fully saturated rings. The summed E-state index contributed by atoms with van der Waals surface area (Å²) in [4.78, 5) is 31.9. The highest BCUT2D eigenvalue weighted by atomic mass is 32.1. The summed E-state index contributed by atoms with van der Waals surface area (Å²) in [6.07, 6.45) is 6.12. The Balaban J connectivity index is 1.83. The quantitative estimate of drug-likeness (QED) is 0.484. The number of pyridine rings is 1. The van der Waals surface area contributed by atoms with Gasteiger partial charge in [-0.05, 0) is 24.3 Å². The summed E-state index contributed by atoms with van der Waals surface area (Å²) in [5.74, 6) is 0.947. The number of amides is 1. The molecule has 3 heterocycles. The van der Waals surface area contributed by atoms with E-state index >= 15 is 0 Å². The minimum absolute atomic E-state index is 0.224. The lowest BCUT2D eigenvalue weighted by Gasteiger charge is -2.18. The summed E-state index contributed by atoms with van der Waals surface area (Å²) in [5, 5.41) is 0.490. The van der Waals surface area contributed by atoms with Crippen LogP contribution in [-0.4, -0.2) is 40.1 Å². The van der Waals surface area contributed by atoms with E-state index in [0.717, 1.165) is 10.4 Å². The Kier molecular flexibility index (Phi) is 5.30. The first-order valence-corrected chi connectivity index (χ1v) is 9.52. The van der Waals surface area contributed by atoms with Crippen molar-refractivity contribution >= 4 is 32.6 Å². The Bertz CT molecular complexity index is 1090. The number of aromatic nitrogens is 4. The first-order valence-electron chi connectivity index (χ1n) is 8.70. The summed E-state index contributed by atoms with van der Waals surface area (Å²) in [6.45, 7) is 0.237. The lowest BCUT2D eigenvalue weighted by Crippen LogP contribution is -2.31.